The van der Waals surface area contributed by atoms with Crippen LogP contribution in [0, 0.1) is 0 Å². The number of ether oxygens (including phenoxy) is 1. The van der Waals surface area contributed by atoms with Crippen LogP contribution in [0.25, 0.3) is 10.8 Å². The van der Waals surface area contributed by atoms with E-state index in [2.05, 4.69) is 48.3 Å². The molecule has 2 rings (SSSR count). The van der Waals surface area contributed by atoms with Gasteiger partial charge in [-0.1, -0.05) is 31.2 Å². The number of rotatable bonds is 8. The summed E-state index contributed by atoms with van der Waals surface area (Å²) in [6.45, 7) is 8.58. The van der Waals surface area contributed by atoms with E-state index in [-0.39, 0.29) is 0 Å². The van der Waals surface area contributed by atoms with Gasteiger partial charge in [0.1, 0.15) is 5.82 Å². The predicted octanol–water partition coefficient (Wildman–Crippen LogP) is 2.82. The van der Waals surface area contributed by atoms with E-state index in [0.717, 1.165) is 32.0 Å². The zero-order valence-corrected chi connectivity index (χ0v) is 13.2. The van der Waals surface area contributed by atoms with E-state index < -0.39 is 0 Å². The van der Waals surface area contributed by atoms with Crippen LogP contribution < -0.4 is 10.2 Å². The number of hydrogen-bond acceptors (Lipinski definition) is 4. The Balaban J connectivity index is 2.41. The first-order valence-corrected chi connectivity index (χ1v) is 7.63. The second-order valence-corrected chi connectivity index (χ2v) is 5.01. The molecule has 0 unspecified atom stereocenters. The largest absolute Gasteiger partial charge is 0.383 e. The Labute approximate surface area is 127 Å². The van der Waals surface area contributed by atoms with Crippen molar-refractivity contribution in [2.24, 2.45) is 0 Å². The van der Waals surface area contributed by atoms with Gasteiger partial charge in [0.25, 0.3) is 0 Å². The highest BCUT2D eigenvalue weighted by Crippen LogP contribution is 2.27. The number of fused-ring (bicyclic) bond motifs is 1. The minimum Gasteiger partial charge on any atom is -0.383 e. The van der Waals surface area contributed by atoms with E-state index in [0.29, 0.717) is 6.61 Å². The summed E-state index contributed by atoms with van der Waals surface area (Å²) in [5.74, 6) is 1.05. The van der Waals surface area contributed by atoms with Crippen LogP contribution in [0.2, 0.25) is 0 Å². The molecular weight excluding hydrogens is 262 g/mol. The van der Waals surface area contributed by atoms with E-state index >= 15 is 0 Å². The number of benzene rings is 1. The van der Waals surface area contributed by atoms with Crippen molar-refractivity contribution in [1.82, 2.24) is 10.3 Å². The maximum Gasteiger partial charge on any atom is 0.136 e. The number of hydrogen-bond donors (Lipinski definition) is 1. The van der Waals surface area contributed by atoms with Gasteiger partial charge in [-0.15, -0.1) is 0 Å². The molecule has 0 aliphatic carbocycles. The van der Waals surface area contributed by atoms with Crippen LogP contribution in [-0.4, -0.2) is 38.3 Å². The molecule has 0 aliphatic heterocycles. The molecule has 4 nitrogen and oxygen atoms in total. The standard InChI is InChI=1S/C17H25N3O/c1-4-18-12-14-13-19-17(20(5-2)10-11-21-3)16-9-7-6-8-15(14)16/h6-9,13,18H,4-5,10-12H2,1-3H3. The molecule has 0 bridgehead atoms. The summed E-state index contributed by atoms with van der Waals surface area (Å²) in [7, 11) is 1.74. The molecule has 1 aromatic carbocycles. The summed E-state index contributed by atoms with van der Waals surface area (Å²) in [5, 5.41) is 5.87. The molecule has 2 aromatic rings. The van der Waals surface area contributed by atoms with Gasteiger partial charge < -0.3 is 15.0 Å². The molecular formula is C17H25N3O. The molecule has 1 aromatic heterocycles. The van der Waals surface area contributed by atoms with E-state index in [1.54, 1.807) is 7.11 Å². The summed E-state index contributed by atoms with van der Waals surface area (Å²) < 4.78 is 5.21. The maximum atomic E-state index is 5.21. The minimum absolute atomic E-state index is 0.711. The third kappa shape index (κ3) is 3.71. The molecule has 0 atom stereocenters. The van der Waals surface area contributed by atoms with Crippen LogP contribution in [0.3, 0.4) is 0 Å². The predicted molar refractivity (Wildman–Crippen MR) is 88.9 cm³/mol. The molecule has 0 amide bonds. The lowest BCUT2D eigenvalue weighted by molar-refractivity contribution is 0.205. The Hall–Kier alpha value is -1.65. The van der Waals surface area contributed by atoms with Crippen LogP contribution in [0.5, 0.6) is 0 Å². The van der Waals surface area contributed by atoms with Gasteiger partial charge in [0.05, 0.1) is 6.61 Å². The number of anilines is 1. The molecule has 0 aliphatic rings. The quantitative estimate of drug-likeness (QED) is 0.810. The lowest BCUT2D eigenvalue weighted by Crippen LogP contribution is -2.28. The number of nitrogens with zero attached hydrogens (tertiary/aromatic N) is 2. The van der Waals surface area contributed by atoms with Gasteiger partial charge in [-0.25, -0.2) is 4.98 Å². The normalized spacial score (nSPS) is 11.0. The summed E-state index contributed by atoms with van der Waals surface area (Å²) >= 11 is 0. The van der Waals surface area contributed by atoms with Crippen LogP contribution in [-0.2, 0) is 11.3 Å². The molecule has 1 heterocycles. The molecule has 0 saturated carbocycles. The van der Waals surface area contributed by atoms with E-state index in [1.807, 2.05) is 6.20 Å². The Morgan fingerprint density at radius 2 is 1.95 bits per heavy atom. The summed E-state index contributed by atoms with van der Waals surface area (Å²) in [4.78, 5) is 6.98. The SMILES string of the molecule is CCNCc1cnc(N(CC)CCOC)c2ccccc12. The second-order valence-electron chi connectivity index (χ2n) is 5.01. The molecule has 1 N–H and O–H groups in total. The van der Waals surface area contributed by atoms with Crippen molar-refractivity contribution in [3.63, 3.8) is 0 Å². The van der Waals surface area contributed by atoms with Gasteiger partial charge in [0.15, 0.2) is 0 Å². The Morgan fingerprint density at radius 1 is 1.19 bits per heavy atom. The van der Waals surface area contributed by atoms with Gasteiger partial charge in [-0.3, -0.25) is 0 Å². The highest BCUT2D eigenvalue weighted by molar-refractivity contribution is 5.94. The van der Waals surface area contributed by atoms with E-state index in [1.165, 1.54) is 16.3 Å². The van der Waals surface area contributed by atoms with Crippen LogP contribution in [0.15, 0.2) is 30.5 Å². The number of aromatic nitrogens is 1. The van der Waals surface area contributed by atoms with Crippen molar-refractivity contribution in [1.29, 1.82) is 0 Å². The van der Waals surface area contributed by atoms with Crippen molar-refractivity contribution >= 4 is 16.6 Å². The van der Waals surface area contributed by atoms with Gasteiger partial charge in [-0.2, -0.15) is 0 Å². The zero-order chi connectivity index (χ0) is 15.1. The smallest absolute Gasteiger partial charge is 0.136 e. The van der Waals surface area contributed by atoms with Crippen molar-refractivity contribution in [3.8, 4) is 0 Å². The van der Waals surface area contributed by atoms with E-state index in [9.17, 15) is 0 Å². The van der Waals surface area contributed by atoms with Crippen LogP contribution >= 0.6 is 0 Å². The molecule has 0 saturated heterocycles. The number of nitrogens with one attached hydrogen (secondary N) is 1. The van der Waals surface area contributed by atoms with Gasteiger partial charge in [0, 0.05) is 38.3 Å². The molecule has 114 valence electrons. The first-order chi connectivity index (χ1) is 10.3. The molecule has 0 spiro atoms. The van der Waals surface area contributed by atoms with Crippen molar-refractivity contribution < 1.29 is 4.74 Å². The number of pyridine rings is 1. The van der Waals surface area contributed by atoms with Crippen LogP contribution in [0.4, 0.5) is 5.82 Å². The monoisotopic (exact) mass is 287 g/mol. The number of likely N-dealkylation sites (N-methyl/N-ethyl adjacent to an activating group) is 1. The van der Waals surface area contributed by atoms with Gasteiger partial charge in [-0.05, 0) is 24.4 Å². The van der Waals surface area contributed by atoms with Gasteiger partial charge in [0.2, 0.25) is 0 Å². The topological polar surface area (TPSA) is 37.4 Å². The summed E-state index contributed by atoms with van der Waals surface area (Å²) in [5.41, 5.74) is 1.25. The van der Waals surface area contributed by atoms with Gasteiger partial charge >= 0.3 is 0 Å². The first-order valence-electron chi connectivity index (χ1n) is 7.63. The van der Waals surface area contributed by atoms with Crippen molar-refractivity contribution in [2.45, 2.75) is 20.4 Å². The fraction of sp³-hybridized carbons (Fsp3) is 0.471. The van der Waals surface area contributed by atoms with E-state index in [4.69, 9.17) is 9.72 Å². The lowest BCUT2D eigenvalue weighted by Gasteiger charge is -2.23. The average Bonchev–Trinajstić information content (AvgIpc) is 2.54. The van der Waals surface area contributed by atoms with Crippen molar-refractivity contribution in [3.05, 3.63) is 36.0 Å². The zero-order valence-electron chi connectivity index (χ0n) is 13.2. The Kier molecular flexibility index (Phi) is 5.96. The minimum atomic E-state index is 0.711. The molecule has 0 fully saturated rings. The summed E-state index contributed by atoms with van der Waals surface area (Å²) in [6, 6.07) is 8.50. The summed E-state index contributed by atoms with van der Waals surface area (Å²) in [6.07, 6.45) is 2.00. The fourth-order valence-corrected chi connectivity index (χ4v) is 2.50. The Bertz CT molecular complexity index is 571. The Morgan fingerprint density at radius 3 is 2.62 bits per heavy atom. The third-order valence-corrected chi connectivity index (χ3v) is 3.67. The highest BCUT2D eigenvalue weighted by Gasteiger charge is 2.12. The molecule has 21 heavy (non-hydrogen) atoms. The maximum absolute atomic E-state index is 5.21. The molecule has 4 heteroatoms. The highest BCUT2D eigenvalue weighted by atomic mass is 16.5. The third-order valence-electron chi connectivity index (χ3n) is 3.67. The molecule has 0 radical (unpaired) electrons. The van der Waals surface area contributed by atoms with Crippen LogP contribution in [0.1, 0.15) is 19.4 Å². The lowest BCUT2D eigenvalue weighted by atomic mass is 10.1. The first kappa shape index (κ1) is 15.7. The second kappa shape index (κ2) is 7.96. The van der Waals surface area contributed by atoms with Crippen molar-refractivity contribution in [2.75, 3.05) is 38.3 Å². The average molecular weight is 287 g/mol. The fourth-order valence-electron chi connectivity index (χ4n) is 2.50. The number of methoxy groups -OCH3 is 1.